The zero-order chi connectivity index (χ0) is 19.5. The number of benzene rings is 1. The average molecular weight is 400 g/mol. The summed E-state index contributed by atoms with van der Waals surface area (Å²) in [5.74, 6) is 0.173. The summed E-state index contributed by atoms with van der Waals surface area (Å²) in [6, 6.07) is 7.75. The molecule has 1 atom stereocenters. The lowest BCUT2D eigenvalue weighted by Crippen LogP contribution is -2.37. The van der Waals surface area contributed by atoms with Gasteiger partial charge in [-0.05, 0) is 44.7 Å². The minimum atomic E-state index is -0.237. The molecule has 0 N–H and O–H groups in total. The molecular weight excluding hydrogens is 370 g/mol. The van der Waals surface area contributed by atoms with Gasteiger partial charge in [0.1, 0.15) is 0 Å². The van der Waals surface area contributed by atoms with Crippen LogP contribution in [0.4, 0.5) is 0 Å². The molecule has 5 nitrogen and oxygen atoms in total. The van der Waals surface area contributed by atoms with Gasteiger partial charge in [-0.25, -0.2) is 4.98 Å². The molecule has 0 bridgehead atoms. The number of nitrogens with zero attached hydrogens (tertiary/aromatic N) is 3. The second-order valence-corrected chi connectivity index (χ2v) is 9.33. The predicted octanol–water partition coefficient (Wildman–Crippen LogP) is 4.39. The highest BCUT2D eigenvalue weighted by Crippen LogP contribution is 2.33. The first-order valence-electron chi connectivity index (χ1n) is 10.6. The summed E-state index contributed by atoms with van der Waals surface area (Å²) in [5.41, 5.74) is 0.757. The van der Waals surface area contributed by atoms with E-state index in [1.54, 1.807) is 0 Å². The van der Waals surface area contributed by atoms with Crippen molar-refractivity contribution >= 4 is 28.6 Å². The van der Waals surface area contributed by atoms with Crippen LogP contribution in [0.5, 0.6) is 0 Å². The lowest BCUT2D eigenvalue weighted by molar-refractivity contribution is -0.130. The Morgan fingerprint density at radius 3 is 2.46 bits per heavy atom. The van der Waals surface area contributed by atoms with Crippen molar-refractivity contribution in [2.45, 2.75) is 74.7 Å². The molecule has 4 rings (SSSR count). The molecule has 0 unspecified atom stereocenters. The number of carbonyl (C=O) groups is 1. The minimum absolute atomic E-state index is 0.0365. The van der Waals surface area contributed by atoms with E-state index in [9.17, 15) is 9.59 Å². The van der Waals surface area contributed by atoms with Crippen molar-refractivity contribution in [2.75, 3.05) is 13.1 Å². The van der Waals surface area contributed by atoms with Gasteiger partial charge in [0.05, 0.1) is 16.2 Å². The molecule has 2 heterocycles. The van der Waals surface area contributed by atoms with Gasteiger partial charge in [-0.3, -0.25) is 14.2 Å². The molecule has 28 heavy (non-hydrogen) atoms. The van der Waals surface area contributed by atoms with Gasteiger partial charge in [0.25, 0.3) is 5.56 Å². The van der Waals surface area contributed by atoms with Crippen LogP contribution >= 0.6 is 11.8 Å². The van der Waals surface area contributed by atoms with Crippen LogP contribution in [0.3, 0.4) is 0 Å². The predicted molar refractivity (Wildman–Crippen MR) is 114 cm³/mol. The standard InChI is InChI=1S/C22H29N3O2S/c1-16(20(26)24-14-8-2-3-9-15-24)28-22-23-19-13-7-6-12-18(19)21(27)25(22)17-10-4-5-11-17/h6-7,12-13,16-17H,2-5,8-11,14-15H2,1H3/t16-/m1/s1. The van der Waals surface area contributed by atoms with E-state index in [-0.39, 0.29) is 22.8 Å². The van der Waals surface area contributed by atoms with Gasteiger partial charge in [-0.15, -0.1) is 0 Å². The molecule has 2 aromatic rings. The summed E-state index contributed by atoms with van der Waals surface area (Å²) in [7, 11) is 0. The molecule has 150 valence electrons. The molecule has 1 amide bonds. The minimum Gasteiger partial charge on any atom is -0.342 e. The average Bonchev–Trinajstić information content (AvgIpc) is 3.09. The number of carbonyl (C=O) groups excluding carboxylic acids is 1. The number of para-hydroxylation sites is 1. The van der Waals surface area contributed by atoms with Gasteiger partial charge < -0.3 is 4.90 Å². The van der Waals surface area contributed by atoms with E-state index < -0.39 is 0 Å². The van der Waals surface area contributed by atoms with Crippen LogP contribution in [0.15, 0.2) is 34.2 Å². The van der Waals surface area contributed by atoms with Crippen LogP contribution in [0.2, 0.25) is 0 Å². The van der Waals surface area contributed by atoms with Crippen molar-refractivity contribution in [1.29, 1.82) is 0 Å². The summed E-state index contributed by atoms with van der Waals surface area (Å²) in [6.45, 7) is 3.66. The Bertz CT molecular complexity index is 896. The molecule has 6 heteroatoms. The summed E-state index contributed by atoms with van der Waals surface area (Å²) in [6.07, 6.45) is 8.92. The van der Waals surface area contributed by atoms with Gasteiger partial charge in [0.15, 0.2) is 5.16 Å². The highest BCUT2D eigenvalue weighted by Gasteiger charge is 2.27. The molecular formula is C22H29N3O2S. The molecule has 1 aliphatic heterocycles. The second-order valence-electron chi connectivity index (χ2n) is 8.02. The third kappa shape index (κ3) is 3.97. The van der Waals surface area contributed by atoms with Gasteiger partial charge >= 0.3 is 0 Å². The number of thioether (sulfide) groups is 1. The molecule has 1 aliphatic carbocycles. The van der Waals surface area contributed by atoms with Crippen LogP contribution in [-0.2, 0) is 4.79 Å². The first kappa shape index (κ1) is 19.5. The van der Waals surface area contributed by atoms with E-state index in [2.05, 4.69) is 0 Å². The van der Waals surface area contributed by atoms with Crippen molar-refractivity contribution in [3.8, 4) is 0 Å². The maximum Gasteiger partial charge on any atom is 0.262 e. The van der Waals surface area contributed by atoms with Gasteiger partial charge in [0.2, 0.25) is 5.91 Å². The third-order valence-corrected chi connectivity index (χ3v) is 7.07. The highest BCUT2D eigenvalue weighted by molar-refractivity contribution is 8.00. The summed E-state index contributed by atoms with van der Waals surface area (Å²) >= 11 is 1.46. The van der Waals surface area contributed by atoms with E-state index in [0.29, 0.717) is 10.5 Å². The van der Waals surface area contributed by atoms with Crippen LogP contribution in [0.1, 0.15) is 64.3 Å². The molecule has 2 aliphatic rings. The van der Waals surface area contributed by atoms with E-state index in [1.807, 2.05) is 40.7 Å². The second kappa shape index (κ2) is 8.68. The quantitative estimate of drug-likeness (QED) is 0.565. The lowest BCUT2D eigenvalue weighted by Gasteiger charge is -2.25. The van der Waals surface area contributed by atoms with Crippen LogP contribution in [0, 0.1) is 0 Å². The SMILES string of the molecule is C[C@@H](Sc1nc2ccccc2c(=O)n1C1CCCC1)C(=O)N1CCCCCC1. The first-order valence-corrected chi connectivity index (χ1v) is 11.5. The van der Waals surface area contributed by atoms with Gasteiger partial charge in [-0.1, -0.05) is 49.6 Å². The normalized spacial score (nSPS) is 19.7. The fourth-order valence-electron chi connectivity index (χ4n) is 4.45. The summed E-state index contributed by atoms with van der Waals surface area (Å²) < 4.78 is 1.88. The van der Waals surface area contributed by atoms with Crippen LogP contribution in [-0.4, -0.2) is 38.7 Å². The van der Waals surface area contributed by atoms with Gasteiger partial charge in [0, 0.05) is 19.1 Å². The third-order valence-electron chi connectivity index (χ3n) is 6.01. The molecule has 2 fully saturated rings. The number of likely N-dealkylation sites (tertiary alicyclic amines) is 1. The monoisotopic (exact) mass is 399 g/mol. The number of fused-ring (bicyclic) bond motifs is 1. The van der Waals surface area contributed by atoms with Crippen molar-refractivity contribution in [3.05, 3.63) is 34.6 Å². The smallest absolute Gasteiger partial charge is 0.262 e. The maximum absolute atomic E-state index is 13.2. The van der Waals surface area contributed by atoms with Crippen molar-refractivity contribution < 1.29 is 4.79 Å². The van der Waals surface area contributed by atoms with Crippen LogP contribution < -0.4 is 5.56 Å². The number of rotatable bonds is 4. The number of aromatic nitrogens is 2. The van der Waals surface area contributed by atoms with Crippen LogP contribution in [0.25, 0.3) is 10.9 Å². The largest absolute Gasteiger partial charge is 0.342 e. The highest BCUT2D eigenvalue weighted by atomic mass is 32.2. The topological polar surface area (TPSA) is 55.2 Å². The first-order chi connectivity index (χ1) is 13.6. The summed E-state index contributed by atoms with van der Waals surface area (Å²) in [4.78, 5) is 33.1. The Kier molecular flexibility index (Phi) is 6.04. The van der Waals surface area contributed by atoms with Crippen molar-refractivity contribution in [2.24, 2.45) is 0 Å². The zero-order valence-corrected chi connectivity index (χ0v) is 17.4. The Balaban J connectivity index is 1.65. The Hall–Kier alpha value is -1.82. The number of hydrogen-bond acceptors (Lipinski definition) is 4. The zero-order valence-electron chi connectivity index (χ0n) is 16.6. The maximum atomic E-state index is 13.2. The molecule has 0 radical (unpaired) electrons. The van der Waals surface area contributed by atoms with Crippen molar-refractivity contribution in [1.82, 2.24) is 14.5 Å². The van der Waals surface area contributed by atoms with Crippen molar-refractivity contribution in [3.63, 3.8) is 0 Å². The van der Waals surface area contributed by atoms with E-state index >= 15 is 0 Å². The van der Waals surface area contributed by atoms with E-state index in [4.69, 9.17) is 4.98 Å². The van der Waals surface area contributed by atoms with E-state index in [0.717, 1.165) is 57.1 Å². The molecule has 1 saturated carbocycles. The Morgan fingerprint density at radius 2 is 1.75 bits per heavy atom. The molecule has 1 saturated heterocycles. The number of amides is 1. The Labute approximate surface area is 170 Å². The molecule has 1 aromatic carbocycles. The summed E-state index contributed by atoms with van der Waals surface area (Å²) in [5, 5.41) is 1.13. The molecule has 1 aromatic heterocycles. The molecule has 0 spiro atoms. The fraction of sp³-hybridized carbons (Fsp3) is 0.591. The lowest BCUT2D eigenvalue weighted by atomic mass is 10.2. The Morgan fingerprint density at radius 1 is 1.07 bits per heavy atom. The fourth-order valence-corrected chi connectivity index (χ4v) is 5.51. The van der Waals surface area contributed by atoms with E-state index in [1.165, 1.54) is 24.6 Å². The van der Waals surface area contributed by atoms with Gasteiger partial charge in [-0.2, -0.15) is 0 Å². The number of hydrogen-bond donors (Lipinski definition) is 0.